The highest BCUT2D eigenvalue weighted by molar-refractivity contribution is 7.47. The largest absolute Gasteiger partial charge is 0.472 e. The van der Waals surface area contributed by atoms with Crippen LogP contribution in [0.2, 0.25) is 0 Å². The Kier molecular flexibility index (Phi) is 48.0. The van der Waals surface area contributed by atoms with Crippen molar-refractivity contribution in [3.63, 3.8) is 0 Å². The van der Waals surface area contributed by atoms with E-state index in [1.165, 1.54) is 122 Å². The third-order valence-corrected chi connectivity index (χ3v) is 13.1. The zero-order valence-corrected chi connectivity index (χ0v) is 45.7. The number of hydrogen-bond donors (Lipinski definition) is 3. The van der Waals surface area contributed by atoms with Crippen LogP contribution in [0.25, 0.3) is 0 Å². The number of unbranched alkanes of at least 4 members (excludes halogenated alkanes) is 25. The fraction of sp³-hybridized carbons (Fsp3) is 0.746. The lowest BCUT2D eigenvalue weighted by Gasteiger charge is -2.25. The molecule has 0 fully saturated rings. The fourth-order valence-corrected chi connectivity index (χ4v) is 8.49. The minimum Gasteiger partial charge on any atom is -0.387 e. The molecular formula is C59H108N2O6P+. The van der Waals surface area contributed by atoms with E-state index in [9.17, 15) is 19.4 Å². The molecule has 0 rings (SSSR count). The number of rotatable bonds is 50. The normalized spacial score (nSPS) is 14.6. The molecule has 3 unspecified atom stereocenters. The molecule has 0 saturated carbocycles. The third-order valence-electron chi connectivity index (χ3n) is 12.1. The number of amides is 1. The maximum atomic E-state index is 13.0. The van der Waals surface area contributed by atoms with Gasteiger partial charge in [0.2, 0.25) is 5.91 Å². The summed E-state index contributed by atoms with van der Waals surface area (Å²) in [5.41, 5.74) is 0. The molecule has 394 valence electrons. The molecule has 0 bridgehead atoms. The van der Waals surface area contributed by atoms with Gasteiger partial charge in [-0.15, -0.1) is 0 Å². The maximum absolute atomic E-state index is 13.0. The zero-order valence-electron chi connectivity index (χ0n) is 44.8. The molecule has 8 nitrogen and oxygen atoms in total. The lowest BCUT2D eigenvalue weighted by atomic mass is 10.0. The number of phosphoric acid groups is 1. The summed E-state index contributed by atoms with van der Waals surface area (Å²) < 4.78 is 23.7. The van der Waals surface area contributed by atoms with Crippen LogP contribution in [-0.2, 0) is 18.4 Å². The number of allylic oxidation sites excluding steroid dienone is 13. The summed E-state index contributed by atoms with van der Waals surface area (Å²) in [6.07, 6.45) is 69.6. The Bertz CT molecular complexity index is 1380. The minimum atomic E-state index is -4.36. The first-order valence-electron chi connectivity index (χ1n) is 28.0. The van der Waals surface area contributed by atoms with Gasteiger partial charge < -0.3 is 19.8 Å². The molecule has 3 N–H and O–H groups in total. The number of phosphoric ester groups is 1. The molecule has 68 heavy (non-hydrogen) atoms. The van der Waals surface area contributed by atoms with Crippen LogP contribution in [0, 0.1) is 0 Å². The molecule has 0 radical (unpaired) electrons. The SMILES string of the molecule is CC/C=C\C/C=C\C/C=C\C/C=C\C/C=C\C/C=C\CCCCCCC(=O)NC(COP(=O)(O)OCC[N+](C)(C)C)C(O)/C=C/CCCCCCCCCCCCCCCCCCCCCCC. The Hall–Kier alpha value is -2.32. The molecule has 1 amide bonds. The predicted octanol–water partition coefficient (Wildman–Crippen LogP) is 16.9. The Morgan fingerprint density at radius 3 is 1.29 bits per heavy atom. The highest BCUT2D eigenvalue weighted by atomic mass is 31.2. The summed E-state index contributed by atoms with van der Waals surface area (Å²) in [5.74, 6) is -0.203. The average molecular weight is 972 g/mol. The number of nitrogens with zero attached hydrogens (tertiary/aromatic N) is 1. The van der Waals surface area contributed by atoms with Crippen LogP contribution in [-0.4, -0.2) is 73.4 Å². The standard InChI is InChI=1S/C59H107N2O6P/c1-6-8-10-12-14-16-18-20-22-24-26-28-30-32-34-36-38-40-42-44-46-48-50-52-58(62)57(56-67-68(64,65)66-55-54-61(3,4)5)60-59(63)53-51-49-47-45-43-41-39-37-35-33-31-29-27-25-23-21-19-17-15-13-11-9-7-2/h9,11,15,17,21,23,27,29,33,35,39,41,50,52,57-58,62H,6-8,10,12-14,16,18-20,22,24-26,28,30-32,34,36-38,40,42-49,51,53-56H2,1-5H3,(H-,60,63,64,65)/p+1/b11-9-,17-15-,23-21-,29-27-,35-33-,41-39-,52-50+. The van der Waals surface area contributed by atoms with E-state index in [1.807, 2.05) is 27.2 Å². The first-order chi connectivity index (χ1) is 33.0. The number of carbonyl (C=O) groups excluding carboxylic acids is 1. The van der Waals surface area contributed by atoms with Gasteiger partial charge in [0.15, 0.2) is 0 Å². The summed E-state index contributed by atoms with van der Waals surface area (Å²) in [4.78, 5) is 23.3. The van der Waals surface area contributed by atoms with Gasteiger partial charge in [-0.2, -0.15) is 0 Å². The van der Waals surface area contributed by atoms with Crippen molar-refractivity contribution in [1.82, 2.24) is 5.32 Å². The number of hydrogen-bond acceptors (Lipinski definition) is 5. The van der Waals surface area contributed by atoms with Crippen molar-refractivity contribution >= 4 is 13.7 Å². The van der Waals surface area contributed by atoms with Crippen molar-refractivity contribution in [2.45, 2.75) is 244 Å². The molecule has 0 aromatic heterocycles. The van der Waals surface area contributed by atoms with Crippen LogP contribution >= 0.6 is 7.82 Å². The quantitative estimate of drug-likeness (QED) is 0.0243. The predicted molar refractivity (Wildman–Crippen MR) is 295 cm³/mol. The molecule has 0 saturated heterocycles. The number of aliphatic hydroxyl groups excluding tert-OH is 1. The maximum Gasteiger partial charge on any atom is 0.472 e. The van der Waals surface area contributed by atoms with Crippen molar-refractivity contribution in [1.29, 1.82) is 0 Å². The Balaban J connectivity index is 4.33. The fourth-order valence-electron chi connectivity index (χ4n) is 7.75. The van der Waals surface area contributed by atoms with Gasteiger partial charge in [0.05, 0.1) is 39.9 Å². The van der Waals surface area contributed by atoms with E-state index in [2.05, 4.69) is 92.1 Å². The van der Waals surface area contributed by atoms with Crippen LogP contribution in [0.1, 0.15) is 232 Å². The van der Waals surface area contributed by atoms with Crippen LogP contribution < -0.4 is 5.32 Å². The van der Waals surface area contributed by atoms with Gasteiger partial charge in [0.1, 0.15) is 13.2 Å². The average Bonchev–Trinajstić information content (AvgIpc) is 3.30. The number of likely N-dealkylation sites (N-methyl/N-ethyl adjacent to an activating group) is 1. The Labute approximate surface area is 420 Å². The summed E-state index contributed by atoms with van der Waals surface area (Å²) in [7, 11) is 1.54. The molecule has 0 aromatic carbocycles. The summed E-state index contributed by atoms with van der Waals surface area (Å²) in [5, 5.41) is 13.9. The van der Waals surface area contributed by atoms with Gasteiger partial charge in [0.25, 0.3) is 0 Å². The lowest BCUT2D eigenvalue weighted by molar-refractivity contribution is -0.870. The lowest BCUT2D eigenvalue weighted by Crippen LogP contribution is -2.45. The van der Waals surface area contributed by atoms with Crippen molar-refractivity contribution in [3.05, 3.63) is 85.1 Å². The van der Waals surface area contributed by atoms with E-state index in [0.717, 1.165) is 89.9 Å². The summed E-state index contributed by atoms with van der Waals surface area (Å²) in [6.45, 7) is 4.69. The summed E-state index contributed by atoms with van der Waals surface area (Å²) >= 11 is 0. The van der Waals surface area contributed by atoms with Gasteiger partial charge in [-0.05, 0) is 70.6 Å². The van der Waals surface area contributed by atoms with Crippen molar-refractivity contribution < 1.29 is 32.9 Å². The first kappa shape index (κ1) is 65.7. The Morgan fingerprint density at radius 2 is 0.882 bits per heavy atom. The monoisotopic (exact) mass is 972 g/mol. The second-order valence-electron chi connectivity index (χ2n) is 19.9. The molecule has 9 heteroatoms. The van der Waals surface area contributed by atoms with E-state index < -0.39 is 20.0 Å². The molecular weight excluding hydrogens is 864 g/mol. The van der Waals surface area contributed by atoms with Gasteiger partial charge in [-0.25, -0.2) is 4.57 Å². The summed E-state index contributed by atoms with van der Waals surface area (Å²) in [6, 6.07) is -0.867. The van der Waals surface area contributed by atoms with Gasteiger partial charge in [-0.3, -0.25) is 13.8 Å². The number of aliphatic hydroxyl groups is 1. The van der Waals surface area contributed by atoms with Gasteiger partial charge in [-0.1, -0.05) is 240 Å². The second-order valence-corrected chi connectivity index (χ2v) is 21.4. The number of quaternary nitrogens is 1. The third kappa shape index (κ3) is 51.5. The van der Waals surface area contributed by atoms with E-state index in [1.54, 1.807) is 6.08 Å². The number of carbonyl (C=O) groups is 1. The van der Waals surface area contributed by atoms with Crippen LogP contribution in [0.4, 0.5) is 0 Å². The topological polar surface area (TPSA) is 105 Å². The molecule has 0 aliphatic heterocycles. The van der Waals surface area contributed by atoms with Crippen LogP contribution in [0.15, 0.2) is 85.1 Å². The van der Waals surface area contributed by atoms with E-state index in [-0.39, 0.29) is 19.1 Å². The highest BCUT2D eigenvalue weighted by Gasteiger charge is 2.27. The molecule has 0 aliphatic rings. The second kappa shape index (κ2) is 49.7. The molecule has 0 aromatic rings. The van der Waals surface area contributed by atoms with E-state index in [0.29, 0.717) is 17.4 Å². The molecule has 3 atom stereocenters. The van der Waals surface area contributed by atoms with E-state index in [4.69, 9.17) is 9.05 Å². The molecule has 0 spiro atoms. The smallest absolute Gasteiger partial charge is 0.387 e. The van der Waals surface area contributed by atoms with Gasteiger partial charge in [0, 0.05) is 6.42 Å². The number of nitrogens with one attached hydrogen (secondary N) is 1. The zero-order chi connectivity index (χ0) is 49.9. The van der Waals surface area contributed by atoms with Crippen molar-refractivity contribution in [3.8, 4) is 0 Å². The van der Waals surface area contributed by atoms with Crippen LogP contribution in [0.3, 0.4) is 0 Å². The first-order valence-corrected chi connectivity index (χ1v) is 29.5. The van der Waals surface area contributed by atoms with Crippen molar-refractivity contribution in [2.75, 3.05) is 40.9 Å². The molecule has 0 heterocycles. The minimum absolute atomic E-state index is 0.0519. The highest BCUT2D eigenvalue weighted by Crippen LogP contribution is 2.43. The van der Waals surface area contributed by atoms with Crippen molar-refractivity contribution in [2.24, 2.45) is 0 Å². The van der Waals surface area contributed by atoms with Crippen LogP contribution in [0.5, 0.6) is 0 Å². The molecule has 0 aliphatic carbocycles. The van der Waals surface area contributed by atoms with E-state index >= 15 is 0 Å². The Morgan fingerprint density at radius 1 is 0.515 bits per heavy atom. The van der Waals surface area contributed by atoms with Gasteiger partial charge >= 0.3 is 7.82 Å².